The summed E-state index contributed by atoms with van der Waals surface area (Å²) in [5.41, 5.74) is 1.22. The molecule has 0 bridgehead atoms. The lowest BCUT2D eigenvalue weighted by molar-refractivity contribution is -0.104. The van der Waals surface area contributed by atoms with Gasteiger partial charge in [-0.25, -0.2) is 0 Å². The summed E-state index contributed by atoms with van der Waals surface area (Å²) in [6, 6.07) is 10.0. The molecule has 116 valence electrons. The van der Waals surface area contributed by atoms with Crippen LogP contribution in [0.4, 0.5) is 0 Å². The van der Waals surface area contributed by atoms with Crippen molar-refractivity contribution in [3.63, 3.8) is 0 Å². The minimum Gasteiger partial charge on any atom is -0.388 e. The van der Waals surface area contributed by atoms with E-state index >= 15 is 0 Å². The molecule has 1 N–H and O–H groups in total. The number of aliphatic hydroxyl groups excluding tert-OH is 1. The molecular formula is C18H26O2S. The van der Waals surface area contributed by atoms with Crippen LogP contribution in [0.25, 0.3) is 0 Å². The van der Waals surface area contributed by atoms with Crippen molar-refractivity contribution in [3.05, 3.63) is 35.9 Å². The van der Waals surface area contributed by atoms with Crippen LogP contribution in [0.1, 0.15) is 50.2 Å². The molecule has 1 spiro atoms. The van der Waals surface area contributed by atoms with E-state index in [0.717, 1.165) is 37.4 Å². The molecule has 21 heavy (non-hydrogen) atoms. The Balaban J connectivity index is 1.51. The first-order valence-electron chi connectivity index (χ1n) is 8.22. The predicted molar refractivity (Wildman–Crippen MR) is 88.6 cm³/mol. The second-order valence-corrected chi connectivity index (χ2v) is 7.73. The smallest absolute Gasteiger partial charge is 0.0790 e. The molecule has 1 aromatic carbocycles. The lowest BCUT2D eigenvalue weighted by Gasteiger charge is -2.43. The summed E-state index contributed by atoms with van der Waals surface area (Å²) in [7, 11) is 0. The Morgan fingerprint density at radius 1 is 1.24 bits per heavy atom. The van der Waals surface area contributed by atoms with Gasteiger partial charge in [0.05, 0.1) is 11.7 Å². The monoisotopic (exact) mass is 306 g/mol. The molecule has 3 rings (SSSR count). The van der Waals surface area contributed by atoms with E-state index < -0.39 is 0 Å². The summed E-state index contributed by atoms with van der Waals surface area (Å²) in [5.74, 6) is 3.22. The summed E-state index contributed by atoms with van der Waals surface area (Å²) < 4.78 is 6.15. The molecule has 1 aromatic rings. The molecule has 2 atom stereocenters. The van der Waals surface area contributed by atoms with Crippen LogP contribution in [0.15, 0.2) is 30.3 Å². The molecule has 0 aliphatic carbocycles. The van der Waals surface area contributed by atoms with Gasteiger partial charge in [0.25, 0.3) is 0 Å². The molecular weight excluding hydrogens is 280 g/mol. The van der Waals surface area contributed by atoms with Gasteiger partial charge in [-0.3, -0.25) is 0 Å². The Bertz CT molecular complexity index is 423. The largest absolute Gasteiger partial charge is 0.388 e. The van der Waals surface area contributed by atoms with Crippen molar-refractivity contribution in [2.24, 2.45) is 5.92 Å². The molecule has 2 aliphatic rings. The van der Waals surface area contributed by atoms with Crippen LogP contribution in [-0.4, -0.2) is 28.8 Å². The first-order chi connectivity index (χ1) is 10.3. The third-order valence-electron chi connectivity index (χ3n) is 5.03. The molecule has 2 nitrogen and oxygen atoms in total. The quantitative estimate of drug-likeness (QED) is 0.904. The highest BCUT2D eigenvalue weighted by atomic mass is 32.2. The second kappa shape index (κ2) is 7.17. The number of hydrogen-bond acceptors (Lipinski definition) is 3. The van der Waals surface area contributed by atoms with Crippen molar-refractivity contribution >= 4 is 11.8 Å². The average molecular weight is 306 g/mol. The topological polar surface area (TPSA) is 29.5 Å². The zero-order chi connectivity index (χ0) is 14.5. The Labute approximate surface area is 132 Å². The normalized spacial score (nSPS) is 26.6. The van der Waals surface area contributed by atoms with Gasteiger partial charge in [0.15, 0.2) is 0 Å². The number of ether oxygens (including phenoxy) is 1. The summed E-state index contributed by atoms with van der Waals surface area (Å²) in [4.78, 5) is 0. The van der Waals surface area contributed by atoms with Gasteiger partial charge in [0.1, 0.15) is 0 Å². The van der Waals surface area contributed by atoms with E-state index in [0.29, 0.717) is 0 Å². The highest BCUT2D eigenvalue weighted by molar-refractivity contribution is 7.99. The van der Waals surface area contributed by atoms with Crippen LogP contribution in [0.3, 0.4) is 0 Å². The van der Waals surface area contributed by atoms with E-state index in [-0.39, 0.29) is 11.7 Å². The van der Waals surface area contributed by atoms with Crippen molar-refractivity contribution in [2.45, 2.75) is 50.2 Å². The van der Waals surface area contributed by atoms with E-state index in [4.69, 9.17) is 4.74 Å². The van der Waals surface area contributed by atoms with Gasteiger partial charge in [-0.1, -0.05) is 30.3 Å². The lowest BCUT2D eigenvalue weighted by atomic mass is 9.79. The number of hydrogen-bond donors (Lipinski definition) is 1. The maximum Gasteiger partial charge on any atom is 0.0790 e. The lowest BCUT2D eigenvalue weighted by Crippen LogP contribution is -2.42. The minimum absolute atomic E-state index is 0.172. The van der Waals surface area contributed by atoms with Crippen molar-refractivity contribution in [1.29, 1.82) is 0 Å². The van der Waals surface area contributed by atoms with Crippen LogP contribution in [0.2, 0.25) is 0 Å². The Morgan fingerprint density at radius 3 is 2.76 bits per heavy atom. The second-order valence-electron chi connectivity index (χ2n) is 6.51. The van der Waals surface area contributed by atoms with E-state index in [9.17, 15) is 5.11 Å². The summed E-state index contributed by atoms with van der Waals surface area (Å²) in [6.45, 7) is 0.913. The minimum atomic E-state index is -0.313. The molecule has 2 saturated heterocycles. The highest BCUT2D eigenvalue weighted by Crippen LogP contribution is 2.41. The van der Waals surface area contributed by atoms with Gasteiger partial charge in [0.2, 0.25) is 0 Å². The van der Waals surface area contributed by atoms with Gasteiger partial charge >= 0.3 is 0 Å². The van der Waals surface area contributed by atoms with Gasteiger partial charge in [-0.15, -0.1) is 0 Å². The van der Waals surface area contributed by atoms with Gasteiger partial charge in [-0.2, -0.15) is 11.8 Å². The summed E-state index contributed by atoms with van der Waals surface area (Å²) in [5, 5.41) is 10.3. The van der Waals surface area contributed by atoms with Crippen LogP contribution < -0.4 is 0 Å². The first-order valence-corrected chi connectivity index (χ1v) is 9.38. The number of aliphatic hydroxyl groups is 1. The van der Waals surface area contributed by atoms with Crippen LogP contribution in [-0.2, 0) is 4.74 Å². The SMILES string of the molecule is OC(CCC1CCOC2(CCSCC2)C1)c1ccccc1. The van der Waals surface area contributed by atoms with Gasteiger partial charge < -0.3 is 9.84 Å². The van der Waals surface area contributed by atoms with Crippen molar-refractivity contribution < 1.29 is 9.84 Å². The number of thioether (sulfide) groups is 1. The Hall–Kier alpha value is -0.510. The van der Waals surface area contributed by atoms with E-state index in [1.165, 1.54) is 30.8 Å². The standard InChI is InChI=1S/C18H26O2S/c19-17(16-4-2-1-3-5-16)7-6-15-8-11-20-18(14-15)9-12-21-13-10-18/h1-5,15,17,19H,6-14H2. The van der Waals surface area contributed by atoms with Gasteiger partial charge in [-0.05, 0) is 61.5 Å². The molecule has 2 fully saturated rings. The maximum absolute atomic E-state index is 10.3. The van der Waals surface area contributed by atoms with Crippen molar-refractivity contribution in [3.8, 4) is 0 Å². The summed E-state index contributed by atoms with van der Waals surface area (Å²) in [6.07, 6.45) is 6.48. The first kappa shape index (κ1) is 15.4. The molecule has 0 amide bonds. The van der Waals surface area contributed by atoms with Crippen LogP contribution >= 0.6 is 11.8 Å². The fraction of sp³-hybridized carbons (Fsp3) is 0.667. The molecule has 3 heteroatoms. The molecule has 2 unspecified atom stereocenters. The third kappa shape index (κ3) is 4.02. The van der Waals surface area contributed by atoms with E-state index in [1.54, 1.807) is 0 Å². The zero-order valence-electron chi connectivity index (χ0n) is 12.7. The van der Waals surface area contributed by atoms with Crippen molar-refractivity contribution in [2.75, 3.05) is 18.1 Å². The van der Waals surface area contributed by atoms with Crippen LogP contribution in [0.5, 0.6) is 0 Å². The van der Waals surface area contributed by atoms with E-state index in [2.05, 4.69) is 11.8 Å². The maximum atomic E-state index is 10.3. The van der Waals surface area contributed by atoms with Crippen molar-refractivity contribution in [1.82, 2.24) is 0 Å². The van der Waals surface area contributed by atoms with Crippen LogP contribution in [0, 0.1) is 5.92 Å². The molecule has 0 aromatic heterocycles. The molecule has 0 saturated carbocycles. The Morgan fingerprint density at radius 2 is 2.00 bits per heavy atom. The van der Waals surface area contributed by atoms with Gasteiger partial charge in [0, 0.05) is 6.61 Å². The Kier molecular flexibility index (Phi) is 5.25. The fourth-order valence-electron chi connectivity index (χ4n) is 3.70. The summed E-state index contributed by atoms with van der Waals surface area (Å²) >= 11 is 2.06. The molecule has 2 heterocycles. The highest BCUT2D eigenvalue weighted by Gasteiger charge is 2.38. The third-order valence-corrected chi connectivity index (χ3v) is 6.02. The zero-order valence-corrected chi connectivity index (χ0v) is 13.5. The molecule has 2 aliphatic heterocycles. The molecule has 0 radical (unpaired) electrons. The van der Waals surface area contributed by atoms with E-state index in [1.807, 2.05) is 30.3 Å². The average Bonchev–Trinajstić information content (AvgIpc) is 2.54. The fourth-order valence-corrected chi connectivity index (χ4v) is 4.94. The predicted octanol–water partition coefficient (Wildman–Crippen LogP) is 4.19. The number of benzene rings is 1. The number of rotatable bonds is 4.